The summed E-state index contributed by atoms with van der Waals surface area (Å²) in [4.78, 5) is 0. The van der Waals surface area contributed by atoms with E-state index in [0.29, 0.717) is 39.7 Å². The number of benzene rings is 2. The van der Waals surface area contributed by atoms with Crippen molar-refractivity contribution in [3.05, 3.63) is 56.5 Å². The fraction of sp³-hybridized carbons (Fsp3) is 0.400. The first-order valence-electron chi connectivity index (χ1n) is 8.76. The Balaban J connectivity index is 1.97. The smallest absolute Gasteiger partial charge is 0.180 e. The predicted molar refractivity (Wildman–Crippen MR) is 112 cm³/mol. The van der Waals surface area contributed by atoms with Crippen molar-refractivity contribution in [1.29, 1.82) is 0 Å². The van der Waals surface area contributed by atoms with Crippen molar-refractivity contribution in [2.75, 3.05) is 26.9 Å². The molecule has 0 amide bonds. The van der Waals surface area contributed by atoms with Crippen LogP contribution < -0.4 is 14.8 Å². The largest absolute Gasteiger partial charge is 0.493 e. The van der Waals surface area contributed by atoms with E-state index in [4.69, 9.17) is 49.0 Å². The molecule has 148 valence electrons. The van der Waals surface area contributed by atoms with Crippen LogP contribution in [0.2, 0.25) is 15.1 Å². The summed E-state index contributed by atoms with van der Waals surface area (Å²) in [6.45, 7) is 5.37. The van der Waals surface area contributed by atoms with Crippen LogP contribution in [0.5, 0.6) is 11.5 Å². The molecule has 0 saturated heterocycles. The monoisotopic (exact) mass is 431 g/mol. The molecule has 0 fully saturated rings. The maximum absolute atomic E-state index is 6.42. The summed E-state index contributed by atoms with van der Waals surface area (Å²) in [5, 5.41) is 4.86. The quantitative estimate of drug-likeness (QED) is 0.459. The number of rotatable bonds is 11. The Morgan fingerprint density at radius 2 is 1.74 bits per heavy atom. The van der Waals surface area contributed by atoms with Crippen LogP contribution in [-0.2, 0) is 17.9 Å². The van der Waals surface area contributed by atoms with Gasteiger partial charge in [-0.2, -0.15) is 0 Å². The highest BCUT2D eigenvalue weighted by molar-refractivity contribution is 6.42. The Morgan fingerprint density at radius 1 is 0.963 bits per heavy atom. The first kappa shape index (κ1) is 22.1. The lowest BCUT2D eigenvalue weighted by Crippen LogP contribution is -2.16. The Morgan fingerprint density at radius 3 is 2.44 bits per heavy atom. The van der Waals surface area contributed by atoms with Gasteiger partial charge in [0.1, 0.15) is 6.61 Å². The van der Waals surface area contributed by atoms with E-state index >= 15 is 0 Å². The van der Waals surface area contributed by atoms with Crippen molar-refractivity contribution >= 4 is 34.8 Å². The number of hydrogen-bond donors (Lipinski definition) is 1. The van der Waals surface area contributed by atoms with Crippen LogP contribution in [0.25, 0.3) is 0 Å². The minimum atomic E-state index is 0.308. The molecular formula is C20H24Cl3NO3. The summed E-state index contributed by atoms with van der Waals surface area (Å²) < 4.78 is 16.6. The molecule has 0 aliphatic rings. The summed E-state index contributed by atoms with van der Waals surface area (Å²) in [6, 6.07) is 9.16. The van der Waals surface area contributed by atoms with Gasteiger partial charge in [0.15, 0.2) is 11.5 Å². The van der Waals surface area contributed by atoms with Gasteiger partial charge in [-0.05, 0) is 55.3 Å². The molecule has 1 N–H and O–H groups in total. The fourth-order valence-corrected chi connectivity index (χ4v) is 3.09. The highest BCUT2D eigenvalue weighted by Crippen LogP contribution is 2.37. The molecule has 0 aromatic heterocycles. The van der Waals surface area contributed by atoms with Crippen molar-refractivity contribution in [3.63, 3.8) is 0 Å². The first-order valence-corrected chi connectivity index (χ1v) is 9.90. The van der Waals surface area contributed by atoms with Crippen LogP contribution in [0.4, 0.5) is 0 Å². The second-order valence-electron chi connectivity index (χ2n) is 5.87. The highest BCUT2D eigenvalue weighted by atomic mass is 35.5. The summed E-state index contributed by atoms with van der Waals surface area (Å²) in [7, 11) is 1.59. The third-order valence-electron chi connectivity index (χ3n) is 3.83. The maximum Gasteiger partial charge on any atom is 0.180 e. The van der Waals surface area contributed by atoms with Gasteiger partial charge >= 0.3 is 0 Å². The van der Waals surface area contributed by atoms with Crippen molar-refractivity contribution < 1.29 is 14.2 Å². The zero-order chi connectivity index (χ0) is 19.6. The van der Waals surface area contributed by atoms with Gasteiger partial charge < -0.3 is 19.5 Å². The summed E-state index contributed by atoms with van der Waals surface area (Å²) in [6.07, 6.45) is 0.962. The second-order valence-corrected chi connectivity index (χ2v) is 7.10. The van der Waals surface area contributed by atoms with E-state index in [1.54, 1.807) is 19.2 Å². The lowest BCUT2D eigenvalue weighted by molar-refractivity contribution is 0.144. The molecule has 0 spiro atoms. The third kappa shape index (κ3) is 7.05. The van der Waals surface area contributed by atoms with Crippen LogP contribution in [0.3, 0.4) is 0 Å². The zero-order valence-electron chi connectivity index (χ0n) is 15.5. The fourth-order valence-electron chi connectivity index (χ4n) is 2.48. The van der Waals surface area contributed by atoms with Gasteiger partial charge in [0, 0.05) is 19.8 Å². The lowest BCUT2D eigenvalue weighted by atomic mass is 10.2. The minimum absolute atomic E-state index is 0.308. The molecule has 0 unspecified atom stereocenters. The lowest BCUT2D eigenvalue weighted by Gasteiger charge is -2.15. The van der Waals surface area contributed by atoms with Crippen molar-refractivity contribution in [2.45, 2.75) is 26.5 Å². The normalized spacial score (nSPS) is 10.9. The Labute approximate surface area is 175 Å². The van der Waals surface area contributed by atoms with Crippen LogP contribution in [-0.4, -0.2) is 26.9 Å². The van der Waals surface area contributed by atoms with Crippen molar-refractivity contribution in [3.8, 4) is 11.5 Å². The van der Waals surface area contributed by atoms with Gasteiger partial charge in [0.2, 0.25) is 0 Å². The van der Waals surface area contributed by atoms with E-state index in [1.165, 1.54) is 0 Å². The maximum atomic E-state index is 6.42. The van der Waals surface area contributed by atoms with Gasteiger partial charge in [0.05, 0.1) is 22.2 Å². The van der Waals surface area contributed by atoms with E-state index in [-0.39, 0.29) is 0 Å². The van der Waals surface area contributed by atoms with Gasteiger partial charge in [-0.25, -0.2) is 0 Å². The van der Waals surface area contributed by atoms with Crippen molar-refractivity contribution in [2.24, 2.45) is 0 Å². The van der Waals surface area contributed by atoms with Gasteiger partial charge in [-0.1, -0.05) is 40.9 Å². The average molecular weight is 433 g/mol. The molecular weight excluding hydrogens is 409 g/mol. The van der Waals surface area contributed by atoms with Gasteiger partial charge in [0.25, 0.3) is 0 Å². The average Bonchev–Trinajstić information content (AvgIpc) is 2.66. The van der Waals surface area contributed by atoms with E-state index < -0.39 is 0 Å². The summed E-state index contributed by atoms with van der Waals surface area (Å²) in [5.41, 5.74) is 1.91. The van der Waals surface area contributed by atoms with E-state index in [0.717, 1.165) is 37.3 Å². The molecule has 27 heavy (non-hydrogen) atoms. The minimum Gasteiger partial charge on any atom is -0.493 e. The van der Waals surface area contributed by atoms with Gasteiger partial charge in [-0.3, -0.25) is 0 Å². The summed E-state index contributed by atoms with van der Waals surface area (Å²) in [5.74, 6) is 1.10. The molecule has 7 heteroatoms. The Kier molecular flexibility index (Phi) is 9.52. The van der Waals surface area contributed by atoms with Crippen molar-refractivity contribution in [1.82, 2.24) is 5.32 Å². The molecule has 2 aromatic carbocycles. The number of ether oxygens (including phenoxy) is 3. The molecule has 0 atom stereocenters. The SMILES string of the molecule is CCOCCCNCc1cc(Cl)c(OCc2ccc(Cl)c(Cl)c2)c(OC)c1. The molecule has 2 rings (SSSR count). The molecule has 0 radical (unpaired) electrons. The number of halogens is 3. The van der Waals surface area contributed by atoms with Gasteiger partial charge in [-0.15, -0.1) is 0 Å². The Hall–Kier alpha value is -1.17. The Bertz CT molecular complexity index is 741. The van der Waals surface area contributed by atoms with E-state index in [9.17, 15) is 0 Å². The molecule has 2 aromatic rings. The first-order chi connectivity index (χ1) is 13.0. The molecule has 0 saturated carbocycles. The van der Waals surface area contributed by atoms with E-state index in [1.807, 2.05) is 25.1 Å². The second kappa shape index (κ2) is 11.6. The molecule has 0 aliphatic carbocycles. The topological polar surface area (TPSA) is 39.7 Å². The molecule has 4 nitrogen and oxygen atoms in total. The van der Waals surface area contributed by atoms with Crippen LogP contribution in [0.1, 0.15) is 24.5 Å². The van der Waals surface area contributed by atoms with Crippen LogP contribution in [0.15, 0.2) is 30.3 Å². The van der Waals surface area contributed by atoms with E-state index in [2.05, 4.69) is 5.32 Å². The molecule has 0 heterocycles. The van der Waals surface area contributed by atoms with Crippen LogP contribution in [0, 0.1) is 0 Å². The summed E-state index contributed by atoms with van der Waals surface area (Å²) >= 11 is 18.4. The highest BCUT2D eigenvalue weighted by Gasteiger charge is 2.13. The number of methoxy groups -OCH3 is 1. The van der Waals surface area contributed by atoms with Crippen LogP contribution >= 0.6 is 34.8 Å². The zero-order valence-corrected chi connectivity index (χ0v) is 17.8. The standard InChI is InChI=1S/C20H24Cl3NO3/c1-3-26-8-4-7-24-12-15-10-18(23)20(19(11-15)25-2)27-13-14-5-6-16(21)17(22)9-14/h5-6,9-11,24H,3-4,7-8,12-13H2,1-2H3. The third-order valence-corrected chi connectivity index (χ3v) is 4.85. The number of nitrogens with one attached hydrogen (secondary N) is 1. The molecule has 0 aliphatic heterocycles. The predicted octanol–water partition coefficient (Wildman–Crippen LogP) is 5.75. The number of hydrogen-bond acceptors (Lipinski definition) is 4. The molecule has 0 bridgehead atoms.